The molecule has 1 atom stereocenters. The van der Waals surface area contributed by atoms with Gasteiger partial charge in [-0.3, -0.25) is 5.32 Å². The predicted octanol–water partition coefficient (Wildman–Crippen LogP) is 3.65. The quantitative estimate of drug-likeness (QED) is 0.429. The molecular formula is C21H18F3N5O2S. The molecule has 4 aromatic rings. The number of nitriles is 1. The Labute approximate surface area is 181 Å². The fraction of sp³-hybridized carbons (Fsp3) is 0.238. The van der Waals surface area contributed by atoms with Crippen LogP contribution >= 0.6 is 0 Å². The molecule has 0 amide bonds. The van der Waals surface area contributed by atoms with Crippen LogP contribution in [0.4, 0.5) is 13.2 Å². The van der Waals surface area contributed by atoms with Gasteiger partial charge in [-0.25, -0.2) is 13.4 Å². The highest BCUT2D eigenvalue weighted by molar-refractivity contribution is 7.90. The molecule has 0 aliphatic heterocycles. The van der Waals surface area contributed by atoms with Crippen molar-refractivity contribution in [3.05, 3.63) is 59.0 Å². The Kier molecular flexibility index (Phi) is 4.84. The maximum atomic E-state index is 14.9. The van der Waals surface area contributed by atoms with Crippen LogP contribution in [0, 0.1) is 18.3 Å². The van der Waals surface area contributed by atoms with E-state index in [1.54, 1.807) is 6.92 Å². The third-order valence-electron chi connectivity index (χ3n) is 5.55. The summed E-state index contributed by atoms with van der Waals surface area (Å²) in [4.78, 5) is 9.28. The zero-order chi connectivity index (χ0) is 23.5. The van der Waals surface area contributed by atoms with Gasteiger partial charge in [0.1, 0.15) is 5.82 Å². The van der Waals surface area contributed by atoms with Gasteiger partial charge in [0.25, 0.3) is 0 Å². The van der Waals surface area contributed by atoms with Crippen molar-refractivity contribution in [2.45, 2.75) is 23.5 Å². The highest BCUT2D eigenvalue weighted by Gasteiger charge is 2.61. The molecule has 166 valence electrons. The lowest BCUT2D eigenvalue weighted by Gasteiger charge is -2.36. The third-order valence-corrected chi connectivity index (χ3v) is 6.67. The number of nitrogens with one attached hydrogen (secondary N) is 3. The van der Waals surface area contributed by atoms with Crippen LogP contribution in [-0.2, 0) is 15.4 Å². The topological polar surface area (TPSA) is 114 Å². The van der Waals surface area contributed by atoms with Crippen LogP contribution < -0.4 is 5.32 Å². The first-order valence-corrected chi connectivity index (χ1v) is 11.3. The van der Waals surface area contributed by atoms with Gasteiger partial charge in [0, 0.05) is 28.9 Å². The van der Waals surface area contributed by atoms with E-state index in [4.69, 9.17) is 5.26 Å². The van der Waals surface area contributed by atoms with E-state index in [9.17, 15) is 21.6 Å². The summed E-state index contributed by atoms with van der Waals surface area (Å²) in [6, 6.07) is 8.85. The number of aromatic nitrogens is 3. The van der Waals surface area contributed by atoms with E-state index in [-0.39, 0.29) is 22.0 Å². The van der Waals surface area contributed by atoms with Crippen molar-refractivity contribution in [1.29, 1.82) is 5.26 Å². The van der Waals surface area contributed by atoms with Gasteiger partial charge in [0.05, 0.1) is 27.6 Å². The van der Waals surface area contributed by atoms with Crippen molar-refractivity contribution in [3.63, 3.8) is 0 Å². The van der Waals surface area contributed by atoms with Gasteiger partial charge in [-0.15, -0.1) is 0 Å². The minimum absolute atomic E-state index is 0.107. The molecule has 0 aliphatic rings. The van der Waals surface area contributed by atoms with Gasteiger partial charge in [-0.05, 0) is 49.9 Å². The zero-order valence-corrected chi connectivity index (χ0v) is 18.0. The van der Waals surface area contributed by atoms with Crippen molar-refractivity contribution in [2.24, 2.45) is 0 Å². The second kappa shape index (κ2) is 7.08. The molecule has 0 spiro atoms. The Hall–Kier alpha value is -3.36. The van der Waals surface area contributed by atoms with E-state index >= 15 is 0 Å². The standard InChI is InChI=1S/C21H18F3N5O2S/c1-11-8-16(32(3,30)31)17(13-6-7-27-18(11)13)20(26-2,21(22,23)24)19-28-14-5-4-12(10-25)9-15(14)29-19/h4-9,26-27H,1-3H3,(H,28,29). The second-order valence-electron chi connectivity index (χ2n) is 7.53. The number of alkyl halides is 3. The van der Waals surface area contributed by atoms with Gasteiger partial charge < -0.3 is 9.97 Å². The fourth-order valence-electron chi connectivity index (χ4n) is 4.09. The van der Waals surface area contributed by atoms with Crippen LogP contribution in [0.3, 0.4) is 0 Å². The molecule has 0 radical (unpaired) electrons. The van der Waals surface area contributed by atoms with Crippen LogP contribution in [0.15, 0.2) is 41.4 Å². The summed E-state index contributed by atoms with van der Waals surface area (Å²) in [6.45, 7) is 1.62. The molecule has 7 nitrogen and oxygen atoms in total. The smallest absolute Gasteiger partial charge is 0.361 e. The minimum atomic E-state index is -4.99. The molecule has 2 aromatic carbocycles. The molecule has 3 N–H and O–H groups in total. The average molecular weight is 461 g/mol. The van der Waals surface area contributed by atoms with Gasteiger partial charge >= 0.3 is 6.18 Å². The SMILES string of the molecule is CNC(c1nc2cc(C#N)ccc2[nH]1)(c1c(S(C)(=O)=O)cc(C)c2[nH]ccc12)C(F)(F)F. The van der Waals surface area contributed by atoms with Crippen LogP contribution in [0.2, 0.25) is 0 Å². The number of imidazole rings is 1. The molecular weight excluding hydrogens is 443 g/mol. The van der Waals surface area contributed by atoms with Gasteiger partial charge in [-0.2, -0.15) is 18.4 Å². The molecule has 0 saturated heterocycles. The number of hydrogen-bond acceptors (Lipinski definition) is 5. The summed E-state index contributed by atoms with van der Waals surface area (Å²) in [6.07, 6.45) is -2.66. The summed E-state index contributed by atoms with van der Waals surface area (Å²) in [5, 5.41) is 11.5. The van der Waals surface area contributed by atoms with Crippen LogP contribution in [-0.4, -0.2) is 42.8 Å². The molecule has 0 bridgehead atoms. The lowest BCUT2D eigenvalue weighted by Crippen LogP contribution is -2.55. The summed E-state index contributed by atoms with van der Waals surface area (Å²) in [5.74, 6) is -0.533. The number of H-pyrrole nitrogens is 2. The zero-order valence-electron chi connectivity index (χ0n) is 17.2. The highest BCUT2D eigenvalue weighted by atomic mass is 32.2. The number of nitrogens with zero attached hydrogens (tertiary/aromatic N) is 2. The Balaban J connectivity index is 2.21. The number of sulfone groups is 1. The molecule has 11 heteroatoms. The molecule has 0 aliphatic carbocycles. The van der Waals surface area contributed by atoms with Gasteiger partial charge in [-0.1, -0.05) is 0 Å². The molecule has 1 unspecified atom stereocenters. The average Bonchev–Trinajstić information content (AvgIpc) is 3.35. The van der Waals surface area contributed by atoms with Crippen LogP contribution in [0.25, 0.3) is 21.9 Å². The maximum absolute atomic E-state index is 14.9. The van der Waals surface area contributed by atoms with E-state index in [0.717, 1.165) is 13.3 Å². The molecule has 32 heavy (non-hydrogen) atoms. The van der Waals surface area contributed by atoms with E-state index in [1.807, 2.05) is 6.07 Å². The monoisotopic (exact) mass is 461 g/mol. The number of rotatable bonds is 4. The lowest BCUT2D eigenvalue weighted by molar-refractivity contribution is -0.188. The molecule has 2 aromatic heterocycles. The molecule has 2 heterocycles. The number of benzene rings is 2. The van der Waals surface area contributed by atoms with E-state index in [1.165, 1.54) is 36.5 Å². The molecule has 4 rings (SSSR count). The van der Waals surface area contributed by atoms with Crippen molar-refractivity contribution < 1.29 is 21.6 Å². The lowest BCUT2D eigenvalue weighted by atomic mass is 9.85. The first kappa shape index (κ1) is 21.9. The first-order chi connectivity index (χ1) is 14.9. The third kappa shape index (κ3) is 3.06. The summed E-state index contributed by atoms with van der Waals surface area (Å²) in [7, 11) is -2.96. The Morgan fingerprint density at radius 1 is 1.19 bits per heavy atom. The summed E-state index contributed by atoms with van der Waals surface area (Å²) in [5.41, 5.74) is -1.91. The van der Waals surface area contributed by atoms with E-state index < -0.39 is 37.8 Å². The first-order valence-electron chi connectivity index (χ1n) is 9.41. The second-order valence-corrected chi connectivity index (χ2v) is 9.52. The molecule has 0 fully saturated rings. The fourth-order valence-corrected chi connectivity index (χ4v) is 5.11. The van der Waals surface area contributed by atoms with Crippen molar-refractivity contribution in [1.82, 2.24) is 20.3 Å². The largest absolute Gasteiger partial charge is 0.418 e. The van der Waals surface area contributed by atoms with Crippen LogP contribution in [0.5, 0.6) is 0 Å². The van der Waals surface area contributed by atoms with Crippen molar-refractivity contribution in [2.75, 3.05) is 13.3 Å². The van der Waals surface area contributed by atoms with Gasteiger partial charge in [0.2, 0.25) is 5.54 Å². The normalized spacial score (nSPS) is 14.5. The van der Waals surface area contributed by atoms with Crippen LogP contribution in [0.1, 0.15) is 22.5 Å². The van der Waals surface area contributed by atoms with Crippen molar-refractivity contribution in [3.8, 4) is 6.07 Å². The van der Waals surface area contributed by atoms with E-state index in [0.29, 0.717) is 11.1 Å². The number of hydrogen-bond donors (Lipinski definition) is 3. The number of halogens is 3. The number of aromatic amines is 2. The maximum Gasteiger partial charge on any atom is 0.418 e. The number of fused-ring (bicyclic) bond motifs is 2. The Morgan fingerprint density at radius 3 is 2.50 bits per heavy atom. The summed E-state index contributed by atoms with van der Waals surface area (Å²) < 4.78 is 70.2. The minimum Gasteiger partial charge on any atom is -0.361 e. The predicted molar refractivity (Wildman–Crippen MR) is 113 cm³/mol. The molecule has 0 saturated carbocycles. The van der Waals surface area contributed by atoms with E-state index in [2.05, 4.69) is 20.3 Å². The number of aryl methyl sites for hydroxylation is 1. The summed E-state index contributed by atoms with van der Waals surface area (Å²) >= 11 is 0. The van der Waals surface area contributed by atoms with Crippen molar-refractivity contribution >= 4 is 31.8 Å². The van der Waals surface area contributed by atoms with Gasteiger partial charge in [0.15, 0.2) is 9.84 Å². The Bertz CT molecular complexity index is 1510. The highest BCUT2D eigenvalue weighted by Crippen LogP contribution is 2.48. The Morgan fingerprint density at radius 2 is 1.91 bits per heavy atom.